The summed E-state index contributed by atoms with van der Waals surface area (Å²) in [7, 11) is 0. The third-order valence-corrected chi connectivity index (χ3v) is 9.66. The smallest absolute Gasteiger partial charge is 0.159 e. The van der Waals surface area contributed by atoms with Gasteiger partial charge in [0, 0.05) is 27.2 Å². The molecule has 2 heterocycles. The summed E-state index contributed by atoms with van der Waals surface area (Å²) < 4.78 is 12.7. The topological polar surface area (TPSA) is 33.7 Å². The Bertz CT molecular complexity index is 2670. The van der Waals surface area contributed by atoms with E-state index in [0.717, 1.165) is 62.2 Å². The first kappa shape index (κ1) is 28.3. The molecule has 0 saturated carbocycles. The quantitative estimate of drug-likeness (QED) is 0.193. The van der Waals surface area contributed by atoms with Gasteiger partial charge in [-0.1, -0.05) is 140 Å². The molecule has 0 bridgehead atoms. The molecular weight excluding hydrogens is 613 g/mol. The zero-order valence-corrected chi connectivity index (χ0v) is 27.0. The van der Waals surface area contributed by atoms with Crippen LogP contribution in [0.4, 0.5) is 28.4 Å². The van der Waals surface area contributed by atoms with Crippen molar-refractivity contribution in [1.29, 1.82) is 0 Å². The van der Waals surface area contributed by atoms with Gasteiger partial charge in [-0.3, -0.25) is 0 Å². The molecule has 0 saturated heterocycles. The Balaban J connectivity index is 0.000000130. The molecule has 0 spiro atoms. The summed E-state index contributed by atoms with van der Waals surface area (Å²) in [5.74, 6) is 3.57. The second-order valence-corrected chi connectivity index (χ2v) is 12.6. The van der Waals surface area contributed by atoms with Gasteiger partial charge in [-0.05, 0) is 57.9 Å². The van der Waals surface area contributed by atoms with Crippen LogP contribution in [0.1, 0.15) is 0 Å². The summed E-state index contributed by atoms with van der Waals surface area (Å²) in [5, 5.41) is 12.9. The Morgan fingerprint density at radius 3 is 1.60 bits per heavy atom. The molecule has 0 radical (unpaired) electrons. The van der Waals surface area contributed by atoms with Gasteiger partial charge in [0.05, 0.1) is 22.7 Å². The van der Waals surface area contributed by atoms with Gasteiger partial charge in [0.2, 0.25) is 0 Å². The second kappa shape index (κ2) is 11.4. The molecule has 0 atom stereocenters. The SMILES string of the molecule is c1ccc(N2c3ccc4ccccc4c3Oc3ccc4ccccc4c32)cc1.c1ccc2c3c(ccc2c1)Oc1c(ccc2ccccc12)N3. The van der Waals surface area contributed by atoms with Gasteiger partial charge in [0.15, 0.2) is 23.0 Å². The van der Waals surface area contributed by atoms with Crippen molar-refractivity contribution in [2.75, 3.05) is 10.2 Å². The van der Waals surface area contributed by atoms with E-state index in [4.69, 9.17) is 9.47 Å². The predicted molar refractivity (Wildman–Crippen MR) is 207 cm³/mol. The number of anilines is 5. The van der Waals surface area contributed by atoms with E-state index in [1.54, 1.807) is 0 Å². The Labute approximate surface area is 289 Å². The van der Waals surface area contributed by atoms with Crippen molar-refractivity contribution >= 4 is 71.5 Å². The van der Waals surface area contributed by atoms with E-state index in [9.17, 15) is 0 Å². The molecule has 0 aromatic heterocycles. The number of rotatable bonds is 1. The molecule has 2 aliphatic rings. The van der Waals surface area contributed by atoms with Crippen LogP contribution in [0, 0.1) is 0 Å². The van der Waals surface area contributed by atoms with E-state index in [0.29, 0.717) is 0 Å². The van der Waals surface area contributed by atoms with E-state index < -0.39 is 0 Å². The summed E-state index contributed by atoms with van der Waals surface area (Å²) in [6.07, 6.45) is 0. The van der Waals surface area contributed by atoms with Crippen molar-refractivity contribution in [1.82, 2.24) is 0 Å². The van der Waals surface area contributed by atoms with Gasteiger partial charge in [-0.25, -0.2) is 0 Å². The number of hydrogen-bond acceptors (Lipinski definition) is 4. The lowest BCUT2D eigenvalue weighted by atomic mass is 10.0. The molecule has 11 rings (SSSR count). The van der Waals surface area contributed by atoms with Crippen LogP contribution in [0.25, 0.3) is 43.1 Å². The van der Waals surface area contributed by atoms with Crippen LogP contribution in [-0.4, -0.2) is 0 Å². The summed E-state index contributed by atoms with van der Waals surface area (Å²) >= 11 is 0. The van der Waals surface area contributed by atoms with E-state index in [2.05, 4.69) is 168 Å². The monoisotopic (exact) mass is 642 g/mol. The first-order chi connectivity index (χ1) is 24.8. The number of benzene rings is 9. The first-order valence-corrected chi connectivity index (χ1v) is 16.9. The van der Waals surface area contributed by atoms with Gasteiger partial charge in [0.1, 0.15) is 0 Å². The number of ether oxygens (including phenoxy) is 2. The largest absolute Gasteiger partial charge is 0.452 e. The van der Waals surface area contributed by atoms with E-state index in [1.807, 2.05) is 18.2 Å². The van der Waals surface area contributed by atoms with Gasteiger partial charge < -0.3 is 19.7 Å². The van der Waals surface area contributed by atoms with Crippen molar-refractivity contribution in [2.24, 2.45) is 0 Å². The lowest BCUT2D eigenvalue weighted by Crippen LogP contribution is -2.16. The minimum Gasteiger partial charge on any atom is -0.452 e. The minimum atomic E-state index is 0.877. The minimum absolute atomic E-state index is 0.877. The van der Waals surface area contributed by atoms with Gasteiger partial charge in [0.25, 0.3) is 0 Å². The van der Waals surface area contributed by atoms with Gasteiger partial charge in [-0.15, -0.1) is 0 Å². The number of para-hydroxylation sites is 1. The fraction of sp³-hybridized carbons (Fsp3) is 0. The molecule has 0 unspecified atom stereocenters. The lowest BCUT2D eigenvalue weighted by Gasteiger charge is -2.34. The van der Waals surface area contributed by atoms with Crippen LogP contribution in [0.15, 0.2) is 176 Å². The summed E-state index contributed by atoms with van der Waals surface area (Å²) in [5.41, 5.74) is 5.34. The fourth-order valence-electron chi connectivity index (χ4n) is 7.30. The lowest BCUT2D eigenvalue weighted by molar-refractivity contribution is 0.483. The Hall–Kier alpha value is -6.78. The van der Waals surface area contributed by atoms with Gasteiger partial charge >= 0.3 is 0 Å². The van der Waals surface area contributed by atoms with Crippen molar-refractivity contribution in [2.45, 2.75) is 0 Å². The third-order valence-electron chi connectivity index (χ3n) is 9.66. The normalized spacial score (nSPS) is 12.4. The Morgan fingerprint density at radius 2 is 0.880 bits per heavy atom. The van der Waals surface area contributed by atoms with Crippen molar-refractivity contribution in [3.8, 4) is 23.0 Å². The predicted octanol–water partition coefficient (Wildman–Crippen LogP) is 13.4. The highest BCUT2D eigenvalue weighted by atomic mass is 16.5. The van der Waals surface area contributed by atoms with Crippen LogP contribution in [-0.2, 0) is 0 Å². The molecule has 9 aromatic carbocycles. The molecule has 9 aromatic rings. The second-order valence-electron chi connectivity index (χ2n) is 12.6. The molecular formula is C46H30N2O2. The Morgan fingerprint density at radius 1 is 0.380 bits per heavy atom. The third kappa shape index (κ3) is 4.54. The van der Waals surface area contributed by atoms with E-state index >= 15 is 0 Å². The zero-order valence-electron chi connectivity index (χ0n) is 27.0. The number of fused-ring (bicyclic) bond motifs is 12. The number of nitrogens with one attached hydrogen (secondary N) is 1. The maximum atomic E-state index is 6.51. The van der Waals surface area contributed by atoms with Crippen molar-refractivity contribution in [3.05, 3.63) is 176 Å². The number of hydrogen-bond donors (Lipinski definition) is 1. The molecule has 236 valence electrons. The van der Waals surface area contributed by atoms with Crippen molar-refractivity contribution in [3.63, 3.8) is 0 Å². The average Bonchev–Trinajstić information content (AvgIpc) is 3.19. The first-order valence-electron chi connectivity index (χ1n) is 16.9. The molecule has 0 fully saturated rings. The highest BCUT2D eigenvalue weighted by Crippen LogP contribution is 2.55. The average molecular weight is 643 g/mol. The Kier molecular flexibility index (Phi) is 6.46. The van der Waals surface area contributed by atoms with Crippen LogP contribution < -0.4 is 19.7 Å². The summed E-state index contributed by atoms with van der Waals surface area (Å²) in [6, 6.07) is 60.9. The molecule has 50 heavy (non-hydrogen) atoms. The molecule has 1 N–H and O–H groups in total. The van der Waals surface area contributed by atoms with Crippen molar-refractivity contribution < 1.29 is 9.47 Å². The molecule has 2 aliphatic heterocycles. The van der Waals surface area contributed by atoms with E-state index in [-0.39, 0.29) is 0 Å². The standard InChI is InChI=1S/C26H17NO.C20H13NO/c1-2-10-20(11-3-1)27-23-16-14-19-9-5-7-13-22(19)26(23)28-24-17-15-18-8-4-6-12-21(18)25(24)27;1-3-7-15-13(5-1)10-12-18-19(15)21-17-11-9-14-6-2-4-8-16(14)20(17)22-18/h1-17H;1-12,21H. The van der Waals surface area contributed by atoms with Crippen LogP contribution >= 0.6 is 0 Å². The van der Waals surface area contributed by atoms with Crippen LogP contribution in [0.3, 0.4) is 0 Å². The molecule has 4 nitrogen and oxygen atoms in total. The zero-order chi connectivity index (χ0) is 33.0. The van der Waals surface area contributed by atoms with Gasteiger partial charge in [-0.2, -0.15) is 0 Å². The van der Waals surface area contributed by atoms with E-state index in [1.165, 1.54) is 32.3 Å². The maximum absolute atomic E-state index is 6.51. The van der Waals surface area contributed by atoms with Crippen LogP contribution in [0.5, 0.6) is 23.0 Å². The highest BCUT2D eigenvalue weighted by Gasteiger charge is 2.29. The van der Waals surface area contributed by atoms with Crippen LogP contribution in [0.2, 0.25) is 0 Å². The molecule has 0 amide bonds. The highest BCUT2D eigenvalue weighted by molar-refractivity contribution is 6.07. The fourth-order valence-corrected chi connectivity index (χ4v) is 7.30. The molecule has 4 heteroatoms. The summed E-state index contributed by atoms with van der Waals surface area (Å²) in [4.78, 5) is 2.32. The number of nitrogens with zero attached hydrogens (tertiary/aromatic N) is 1. The summed E-state index contributed by atoms with van der Waals surface area (Å²) in [6.45, 7) is 0. The maximum Gasteiger partial charge on any atom is 0.159 e. The molecule has 0 aliphatic carbocycles.